The number of thiophene rings is 1. The van der Waals surface area contributed by atoms with E-state index < -0.39 is 0 Å². The quantitative estimate of drug-likeness (QED) is 0.667. The molecule has 7 heteroatoms. The van der Waals surface area contributed by atoms with Crippen LogP contribution in [0.1, 0.15) is 29.8 Å². The standard InChI is InChI=1S/C21H22N4O2S/c1-21(2)12-27-17-14(4-3-5-15(17)21)20(26)25-9-7-24(8-10-25)19-18-16(6-11-28-18)22-13-23-19/h3-6,11,13H,7-10,12H2,1-2H3. The van der Waals surface area contributed by atoms with Crippen LogP contribution >= 0.6 is 11.3 Å². The molecule has 0 N–H and O–H groups in total. The van der Waals surface area contributed by atoms with Crippen LogP contribution in [0.25, 0.3) is 10.2 Å². The minimum absolute atomic E-state index is 0.0522. The Morgan fingerprint density at radius 1 is 1.14 bits per heavy atom. The number of carbonyl (C=O) groups excluding carboxylic acids is 1. The molecule has 3 aromatic rings. The van der Waals surface area contributed by atoms with Gasteiger partial charge in [-0.3, -0.25) is 4.79 Å². The molecule has 1 aromatic carbocycles. The third-order valence-corrected chi connectivity index (χ3v) is 6.54. The number of anilines is 1. The molecule has 0 atom stereocenters. The van der Waals surface area contributed by atoms with Gasteiger partial charge in [0.25, 0.3) is 5.91 Å². The molecule has 144 valence electrons. The van der Waals surface area contributed by atoms with E-state index in [2.05, 4.69) is 34.8 Å². The van der Waals surface area contributed by atoms with Crippen molar-refractivity contribution in [2.45, 2.75) is 19.3 Å². The molecule has 5 rings (SSSR count). The van der Waals surface area contributed by atoms with Gasteiger partial charge in [0.05, 0.1) is 22.4 Å². The maximum atomic E-state index is 13.2. The Morgan fingerprint density at radius 2 is 1.96 bits per heavy atom. The van der Waals surface area contributed by atoms with Gasteiger partial charge in [0.2, 0.25) is 0 Å². The van der Waals surface area contributed by atoms with Crippen molar-refractivity contribution in [3.05, 3.63) is 47.1 Å². The number of hydrogen-bond acceptors (Lipinski definition) is 6. The number of fused-ring (bicyclic) bond motifs is 2. The van der Waals surface area contributed by atoms with Crippen molar-refractivity contribution in [1.82, 2.24) is 14.9 Å². The van der Waals surface area contributed by atoms with Gasteiger partial charge in [-0.25, -0.2) is 9.97 Å². The first-order chi connectivity index (χ1) is 13.5. The number of hydrogen-bond donors (Lipinski definition) is 0. The average Bonchev–Trinajstić information content (AvgIpc) is 3.32. The van der Waals surface area contributed by atoms with Crippen molar-refractivity contribution < 1.29 is 9.53 Å². The summed E-state index contributed by atoms with van der Waals surface area (Å²) in [5, 5.41) is 2.04. The predicted octanol–water partition coefficient (Wildman–Crippen LogP) is 3.32. The Balaban J connectivity index is 1.35. The molecule has 0 unspecified atom stereocenters. The summed E-state index contributed by atoms with van der Waals surface area (Å²) in [5.74, 6) is 1.78. The molecule has 28 heavy (non-hydrogen) atoms. The summed E-state index contributed by atoms with van der Waals surface area (Å²) in [5.41, 5.74) is 2.73. The highest BCUT2D eigenvalue weighted by molar-refractivity contribution is 7.17. The Labute approximate surface area is 167 Å². The predicted molar refractivity (Wildman–Crippen MR) is 110 cm³/mol. The molecule has 0 spiro atoms. The third kappa shape index (κ3) is 2.73. The Morgan fingerprint density at radius 3 is 2.79 bits per heavy atom. The smallest absolute Gasteiger partial charge is 0.257 e. The van der Waals surface area contributed by atoms with Crippen LogP contribution in [0.3, 0.4) is 0 Å². The number of rotatable bonds is 2. The van der Waals surface area contributed by atoms with Crippen LogP contribution in [0.15, 0.2) is 36.0 Å². The summed E-state index contributed by atoms with van der Waals surface area (Å²) < 4.78 is 7.02. The Hall–Kier alpha value is -2.67. The van der Waals surface area contributed by atoms with E-state index in [0.29, 0.717) is 25.3 Å². The molecule has 2 aliphatic rings. The molecular formula is C21H22N4O2S. The largest absolute Gasteiger partial charge is 0.492 e. The van der Waals surface area contributed by atoms with Gasteiger partial charge in [0.15, 0.2) is 0 Å². The van der Waals surface area contributed by atoms with E-state index >= 15 is 0 Å². The van der Waals surface area contributed by atoms with Crippen molar-refractivity contribution in [3.8, 4) is 5.75 Å². The highest BCUT2D eigenvalue weighted by Crippen LogP contribution is 2.41. The van der Waals surface area contributed by atoms with Gasteiger partial charge in [0, 0.05) is 37.2 Å². The molecule has 0 saturated carbocycles. The van der Waals surface area contributed by atoms with Crippen LogP contribution in [0.5, 0.6) is 5.75 Å². The molecular weight excluding hydrogens is 372 g/mol. The van der Waals surface area contributed by atoms with Gasteiger partial charge in [0.1, 0.15) is 17.9 Å². The zero-order valence-corrected chi connectivity index (χ0v) is 16.8. The lowest BCUT2D eigenvalue weighted by atomic mass is 9.86. The number of aromatic nitrogens is 2. The van der Waals surface area contributed by atoms with Crippen LogP contribution < -0.4 is 9.64 Å². The first-order valence-corrected chi connectivity index (χ1v) is 10.4. The van der Waals surface area contributed by atoms with Gasteiger partial charge in [-0.15, -0.1) is 11.3 Å². The number of piperazine rings is 1. The summed E-state index contributed by atoms with van der Waals surface area (Å²) in [6, 6.07) is 7.93. The topological polar surface area (TPSA) is 58.6 Å². The van der Waals surface area contributed by atoms with Crippen molar-refractivity contribution in [1.29, 1.82) is 0 Å². The number of amides is 1. The van der Waals surface area contributed by atoms with E-state index in [-0.39, 0.29) is 11.3 Å². The summed E-state index contributed by atoms with van der Waals surface area (Å²) >= 11 is 1.66. The third-order valence-electron chi connectivity index (χ3n) is 5.64. The van der Waals surface area contributed by atoms with Crippen LogP contribution in [0.2, 0.25) is 0 Å². The van der Waals surface area contributed by atoms with E-state index in [1.807, 2.05) is 28.5 Å². The van der Waals surface area contributed by atoms with Crippen LogP contribution in [-0.2, 0) is 5.41 Å². The molecule has 1 saturated heterocycles. The van der Waals surface area contributed by atoms with Gasteiger partial charge in [-0.05, 0) is 17.5 Å². The zero-order valence-electron chi connectivity index (χ0n) is 16.0. The van der Waals surface area contributed by atoms with Crippen molar-refractivity contribution in [2.75, 3.05) is 37.7 Å². The highest BCUT2D eigenvalue weighted by Gasteiger charge is 2.35. The summed E-state index contributed by atoms with van der Waals surface area (Å²) in [6.07, 6.45) is 1.62. The van der Waals surface area contributed by atoms with E-state index in [4.69, 9.17) is 4.74 Å². The first-order valence-electron chi connectivity index (χ1n) is 9.53. The fourth-order valence-corrected chi connectivity index (χ4v) is 4.88. The molecule has 2 aliphatic heterocycles. The lowest BCUT2D eigenvalue weighted by molar-refractivity contribution is 0.0743. The van der Waals surface area contributed by atoms with Gasteiger partial charge in [-0.1, -0.05) is 26.0 Å². The monoisotopic (exact) mass is 394 g/mol. The van der Waals surface area contributed by atoms with Gasteiger partial charge in [-0.2, -0.15) is 0 Å². The second-order valence-corrected chi connectivity index (χ2v) is 8.88. The van der Waals surface area contributed by atoms with Crippen LogP contribution in [0.4, 0.5) is 5.82 Å². The molecule has 0 bridgehead atoms. The van der Waals surface area contributed by atoms with E-state index in [9.17, 15) is 4.79 Å². The number of carbonyl (C=O) groups is 1. The molecule has 4 heterocycles. The van der Waals surface area contributed by atoms with Gasteiger partial charge >= 0.3 is 0 Å². The summed E-state index contributed by atoms with van der Waals surface area (Å²) in [6.45, 7) is 7.78. The lowest BCUT2D eigenvalue weighted by Crippen LogP contribution is -2.49. The molecule has 1 fully saturated rings. The minimum atomic E-state index is -0.0522. The van der Waals surface area contributed by atoms with Crippen molar-refractivity contribution in [3.63, 3.8) is 0 Å². The summed E-state index contributed by atoms with van der Waals surface area (Å²) in [7, 11) is 0. The van der Waals surface area contributed by atoms with Crippen molar-refractivity contribution in [2.24, 2.45) is 0 Å². The Bertz CT molecular complexity index is 1050. The molecule has 1 amide bonds. The van der Waals surface area contributed by atoms with Crippen LogP contribution in [-0.4, -0.2) is 53.6 Å². The molecule has 2 aromatic heterocycles. The number of benzene rings is 1. The lowest BCUT2D eigenvalue weighted by Gasteiger charge is -2.35. The summed E-state index contributed by atoms with van der Waals surface area (Å²) in [4.78, 5) is 26.2. The van der Waals surface area contributed by atoms with Crippen molar-refractivity contribution >= 4 is 33.3 Å². The zero-order chi connectivity index (χ0) is 19.3. The second kappa shape index (κ2) is 6.44. The first kappa shape index (κ1) is 17.4. The number of ether oxygens (including phenoxy) is 1. The normalized spacial score (nSPS) is 18.2. The number of para-hydroxylation sites is 1. The maximum absolute atomic E-state index is 13.2. The Kier molecular flexibility index (Phi) is 4.01. The second-order valence-electron chi connectivity index (χ2n) is 7.97. The van der Waals surface area contributed by atoms with Crippen LogP contribution in [0, 0.1) is 0 Å². The highest BCUT2D eigenvalue weighted by atomic mass is 32.1. The molecule has 0 radical (unpaired) electrons. The SMILES string of the molecule is CC1(C)COc2c(C(=O)N3CCN(c4ncnc5ccsc45)CC3)cccc21. The number of nitrogens with zero attached hydrogens (tertiary/aromatic N) is 4. The molecule has 6 nitrogen and oxygen atoms in total. The van der Waals surface area contributed by atoms with E-state index in [0.717, 1.165) is 40.4 Å². The maximum Gasteiger partial charge on any atom is 0.257 e. The molecule has 0 aliphatic carbocycles. The van der Waals surface area contributed by atoms with E-state index in [1.54, 1.807) is 17.7 Å². The van der Waals surface area contributed by atoms with Gasteiger partial charge < -0.3 is 14.5 Å². The van der Waals surface area contributed by atoms with E-state index in [1.165, 1.54) is 0 Å². The fourth-order valence-electron chi connectivity index (χ4n) is 4.02. The fraction of sp³-hybridized carbons (Fsp3) is 0.381. The minimum Gasteiger partial charge on any atom is -0.492 e. The average molecular weight is 395 g/mol.